The van der Waals surface area contributed by atoms with Crippen LogP contribution < -0.4 is 0 Å². The predicted octanol–water partition coefficient (Wildman–Crippen LogP) is 3.96. The van der Waals surface area contributed by atoms with Gasteiger partial charge in [-0.05, 0) is 33.4 Å². The molecule has 0 saturated carbocycles. The molecule has 0 bridgehead atoms. The van der Waals surface area contributed by atoms with Crippen molar-refractivity contribution in [2.24, 2.45) is 0 Å². The molecule has 1 saturated heterocycles. The fourth-order valence-electron chi connectivity index (χ4n) is 3.15. The van der Waals surface area contributed by atoms with Crippen molar-refractivity contribution in [3.63, 3.8) is 0 Å². The summed E-state index contributed by atoms with van der Waals surface area (Å²) in [6, 6.07) is 4.36. The van der Waals surface area contributed by atoms with E-state index in [4.69, 9.17) is 4.43 Å². The Bertz CT molecular complexity index is 207. The summed E-state index contributed by atoms with van der Waals surface area (Å²) in [5.74, 6) is 0. The molecule has 1 aliphatic rings. The number of hydrogen-bond acceptors (Lipinski definition) is 1. The molecule has 3 heteroatoms. The Morgan fingerprint density at radius 1 is 1.14 bits per heavy atom. The molecule has 0 aromatic heterocycles. The van der Waals surface area contributed by atoms with Gasteiger partial charge < -0.3 is 4.43 Å². The van der Waals surface area contributed by atoms with Gasteiger partial charge in [0, 0.05) is 0 Å². The second kappa shape index (κ2) is 3.76. The van der Waals surface area contributed by atoms with Crippen molar-refractivity contribution in [2.45, 2.75) is 70.9 Å². The summed E-state index contributed by atoms with van der Waals surface area (Å²) in [6.45, 7) is 14.3. The van der Waals surface area contributed by atoms with Crippen LogP contribution in [0.15, 0.2) is 0 Å². The van der Waals surface area contributed by atoms with E-state index in [0.717, 1.165) is 0 Å². The third-order valence-electron chi connectivity index (χ3n) is 4.37. The Labute approximate surface area is 91.2 Å². The molecule has 0 aromatic carbocycles. The van der Waals surface area contributed by atoms with Crippen LogP contribution in [0.25, 0.3) is 0 Å². The molecular weight excluding hydrogens is 204 g/mol. The van der Waals surface area contributed by atoms with Crippen molar-refractivity contribution in [3.05, 3.63) is 0 Å². The minimum atomic E-state index is -1.37. The van der Waals surface area contributed by atoms with E-state index >= 15 is 0 Å². The van der Waals surface area contributed by atoms with Gasteiger partial charge in [-0.2, -0.15) is 0 Å². The van der Waals surface area contributed by atoms with E-state index in [1.54, 1.807) is 0 Å². The molecule has 1 heterocycles. The summed E-state index contributed by atoms with van der Waals surface area (Å²) >= 11 is 0. The molecule has 0 radical (unpaired) electrons. The maximum absolute atomic E-state index is 6.46. The summed E-state index contributed by atoms with van der Waals surface area (Å²) in [5.41, 5.74) is 0.163. The molecule has 0 unspecified atom stereocenters. The summed E-state index contributed by atoms with van der Waals surface area (Å²) in [6.07, 6.45) is 1.29. The van der Waals surface area contributed by atoms with Crippen LogP contribution in [0.1, 0.15) is 34.1 Å². The molecule has 0 amide bonds. The molecule has 1 aliphatic heterocycles. The van der Waals surface area contributed by atoms with E-state index in [9.17, 15) is 0 Å². The van der Waals surface area contributed by atoms with Crippen LogP contribution in [-0.2, 0) is 4.43 Å². The van der Waals surface area contributed by atoms with E-state index < -0.39 is 15.4 Å². The van der Waals surface area contributed by atoms with Crippen molar-refractivity contribution >= 4 is 15.4 Å². The highest BCUT2D eigenvalue weighted by atomic mass is 29.3. The van der Waals surface area contributed by atoms with E-state index in [0.29, 0.717) is 0 Å². The van der Waals surface area contributed by atoms with Gasteiger partial charge in [0.05, 0.1) is 13.2 Å². The third kappa shape index (κ3) is 2.00. The molecule has 1 fully saturated rings. The van der Waals surface area contributed by atoms with Crippen LogP contribution in [0.3, 0.4) is 0 Å². The lowest BCUT2D eigenvalue weighted by Crippen LogP contribution is -2.66. The fraction of sp³-hybridized carbons (Fsp3) is 1.00. The molecule has 0 aromatic rings. The van der Waals surface area contributed by atoms with Gasteiger partial charge >= 0.3 is 0 Å². The standard InChI is InChI=1S/C11H26OSi2/c1-7-14(8-2)10-9-11(3,4)12-13(14,5)6/h7-10H2,1-6H3. The van der Waals surface area contributed by atoms with Crippen LogP contribution in [0.2, 0.25) is 31.2 Å². The Balaban J connectivity index is 2.92. The summed E-state index contributed by atoms with van der Waals surface area (Å²) < 4.78 is 6.46. The lowest BCUT2D eigenvalue weighted by atomic mass is 10.1. The monoisotopic (exact) mass is 230 g/mol. The molecule has 14 heavy (non-hydrogen) atoms. The van der Waals surface area contributed by atoms with Gasteiger partial charge in [0.25, 0.3) is 0 Å². The van der Waals surface area contributed by atoms with E-state index in [1.807, 2.05) is 0 Å². The van der Waals surface area contributed by atoms with Gasteiger partial charge in [-0.15, -0.1) is 0 Å². The van der Waals surface area contributed by atoms with Crippen LogP contribution in [0, 0.1) is 0 Å². The molecule has 1 nitrogen and oxygen atoms in total. The molecule has 1 rings (SSSR count). The first-order valence-electron chi connectivity index (χ1n) is 5.99. The van der Waals surface area contributed by atoms with E-state index in [-0.39, 0.29) is 5.60 Å². The van der Waals surface area contributed by atoms with Crippen LogP contribution in [-0.4, -0.2) is 21.0 Å². The average molecular weight is 230 g/mol. The predicted molar refractivity (Wildman–Crippen MR) is 68.8 cm³/mol. The molecular formula is C11H26OSi2. The quantitative estimate of drug-likeness (QED) is 0.653. The molecule has 84 valence electrons. The maximum atomic E-state index is 6.46. The smallest absolute Gasteiger partial charge is 0.175 e. The van der Waals surface area contributed by atoms with Gasteiger partial charge in [-0.3, -0.25) is 0 Å². The normalized spacial score (nSPS) is 28.7. The summed E-state index contributed by atoms with van der Waals surface area (Å²) in [4.78, 5) is 0. The first-order valence-corrected chi connectivity index (χ1v) is 12.5. The average Bonchev–Trinajstić information content (AvgIpc) is 2.03. The summed E-state index contributed by atoms with van der Waals surface area (Å²) in [7, 11) is -2.40. The van der Waals surface area contributed by atoms with Gasteiger partial charge in [0.2, 0.25) is 0 Å². The first kappa shape index (κ1) is 12.5. The lowest BCUT2D eigenvalue weighted by Gasteiger charge is -2.52. The van der Waals surface area contributed by atoms with Crippen molar-refractivity contribution < 1.29 is 4.43 Å². The number of hydrogen-bond donors (Lipinski definition) is 0. The van der Waals surface area contributed by atoms with Gasteiger partial charge in [-0.25, -0.2) is 0 Å². The largest absolute Gasteiger partial charge is 0.415 e. The van der Waals surface area contributed by atoms with Crippen LogP contribution in [0.5, 0.6) is 0 Å². The second-order valence-corrected chi connectivity index (χ2v) is 20.4. The van der Waals surface area contributed by atoms with Gasteiger partial charge in [0.15, 0.2) is 7.83 Å². The lowest BCUT2D eigenvalue weighted by molar-refractivity contribution is 0.0929. The zero-order valence-corrected chi connectivity index (χ0v) is 12.7. The molecule has 0 N–H and O–H groups in total. The second-order valence-electron chi connectivity index (χ2n) is 5.86. The molecule has 0 spiro atoms. The highest BCUT2D eigenvalue weighted by molar-refractivity contribution is 7.39. The minimum absolute atomic E-state index is 0.163. The SMILES string of the molecule is CC[Si]1(CC)CCC(C)(C)O[Si]1(C)C. The fourth-order valence-corrected chi connectivity index (χ4v) is 18.2. The Morgan fingerprint density at radius 2 is 1.64 bits per heavy atom. The van der Waals surface area contributed by atoms with E-state index in [1.165, 1.54) is 24.6 Å². The minimum Gasteiger partial charge on any atom is -0.415 e. The third-order valence-corrected chi connectivity index (χ3v) is 22.7. The van der Waals surface area contributed by atoms with Gasteiger partial charge in [-0.1, -0.05) is 32.0 Å². The Kier molecular flexibility index (Phi) is 3.35. The maximum Gasteiger partial charge on any atom is 0.175 e. The number of rotatable bonds is 2. The zero-order chi connectivity index (χ0) is 11.0. The first-order chi connectivity index (χ1) is 6.29. The zero-order valence-electron chi connectivity index (χ0n) is 10.7. The van der Waals surface area contributed by atoms with Crippen molar-refractivity contribution in [1.29, 1.82) is 0 Å². The van der Waals surface area contributed by atoms with E-state index in [2.05, 4.69) is 40.8 Å². The highest BCUT2D eigenvalue weighted by Crippen LogP contribution is 2.42. The van der Waals surface area contributed by atoms with Crippen molar-refractivity contribution in [1.82, 2.24) is 0 Å². The van der Waals surface area contributed by atoms with Crippen molar-refractivity contribution in [2.75, 3.05) is 0 Å². The van der Waals surface area contributed by atoms with Crippen LogP contribution in [0.4, 0.5) is 0 Å². The van der Waals surface area contributed by atoms with Crippen LogP contribution >= 0.6 is 0 Å². The Morgan fingerprint density at radius 3 is 2.00 bits per heavy atom. The Hall–Kier alpha value is 0.394. The molecule has 0 atom stereocenters. The topological polar surface area (TPSA) is 9.23 Å². The van der Waals surface area contributed by atoms with Crippen molar-refractivity contribution in [3.8, 4) is 0 Å². The molecule has 0 aliphatic carbocycles. The summed E-state index contributed by atoms with van der Waals surface area (Å²) in [5, 5.41) is 0. The highest BCUT2D eigenvalue weighted by Gasteiger charge is 2.53. The van der Waals surface area contributed by atoms with Gasteiger partial charge in [0.1, 0.15) is 0 Å².